The van der Waals surface area contributed by atoms with E-state index in [1.54, 1.807) is 0 Å². The van der Waals surface area contributed by atoms with Gasteiger partial charge >= 0.3 is 0 Å². The van der Waals surface area contributed by atoms with Crippen molar-refractivity contribution in [3.05, 3.63) is 42.5 Å². The molecular weight excluding hydrogens is 190 g/mol. The third-order valence-electron chi connectivity index (χ3n) is 1.74. The van der Waals surface area contributed by atoms with E-state index in [9.17, 15) is 0 Å². The fourth-order valence-electron chi connectivity index (χ4n) is 1.08. The van der Waals surface area contributed by atoms with Gasteiger partial charge in [0.1, 0.15) is 0 Å². The Hall–Kier alpha value is -0.730. The van der Waals surface area contributed by atoms with Crippen LogP contribution in [0.4, 0.5) is 0 Å². The molecule has 0 fully saturated rings. The van der Waals surface area contributed by atoms with Gasteiger partial charge in [0, 0.05) is 16.7 Å². The molecule has 0 aliphatic carbocycles. The lowest BCUT2D eigenvalue weighted by Gasteiger charge is -2.05. The zero-order valence-corrected chi connectivity index (χ0v) is 9.47. The number of thioether (sulfide) groups is 1. The maximum Gasteiger partial charge on any atom is 0.0246 e. The average molecular weight is 206 g/mol. The molecule has 0 aliphatic heterocycles. The number of rotatable bonds is 5. The molecule has 1 radical (unpaired) electrons. The molecule has 0 amide bonds. The first-order valence-electron chi connectivity index (χ1n) is 4.77. The molecule has 1 N–H and O–H groups in total. The Morgan fingerprint density at radius 1 is 1.50 bits per heavy atom. The molecule has 0 saturated carbocycles. The van der Waals surface area contributed by atoms with Crippen LogP contribution in [0.3, 0.4) is 0 Å². The molecule has 1 aromatic carbocycles. The molecule has 1 nitrogen and oxygen atoms in total. The van der Waals surface area contributed by atoms with E-state index in [1.807, 2.05) is 30.9 Å². The van der Waals surface area contributed by atoms with Gasteiger partial charge in [-0.1, -0.05) is 24.3 Å². The van der Waals surface area contributed by atoms with Crippen LogP contribution in [0.25, 0.3) is 0 Å². The van der Waals surface area contributed by atoms with Crippen LogP contribution in [0.5, 0.6) is 0 Å². The van der Waals surface area contributed by atoms with Crippen molar-refractivity contribution < 1.29 is 0 Å². The van der Waals surface area contributed by atoms with Gasteiger partial charge in [0.05, 0.1) is 0 Å². The molecule has 0 saturated heterocycles. The summed E-state index contributed by atoms with van der Waals surface area (Å²) in [6.45, 7) is 3.14. The number of hydrogen-bond acceptors (Lipinski definition) is 2. The third kappa shape index (κ3) is 4.49. The Morgan fingerprint density at radius 2 is 2.21 bits per heavy atom. The van der Waals surface area contributed by atoms with Crippen molar-refractivity contribution in [2.45, 2.75) is 17.1 Å². The quantitative estimate of drug-likeness (QED) is 0.587. The van der Waals surface area contributed by atoms with Crippen molar-refractivity contribution in [2.24, 2.45) is 0 Å². The average Bonchev–Trinajstić information content (AvgIpc) is 2.20. The molecule has 1 rings (SSSR count). The van der Waals surface area contributed by atoms with E-state index in [2.05, 4.69) is 42.6 Å². The molecule has 0 bridgehead atoms. The molecule has 0 aliphatic rings. The highest BCUT2D eigenvalue weighted by Gasteiger charge is 1.98. The minimum Gasteiger partial charge on any atom is -0.316 e. The second kappa shape index (κ2) is 6.68. The number of nitrogens with one attached hydrogen (secondary N) is 1. The number of hydrogen-bond donors (Lipinski definition) is 1. The van der Waals surface area contributed by atoms with Crippen molar-refractivity contribution >= 4 is 11.8 Å². The van der Waals surface area contributed by atoms with Crippen molar-refractivity contribution in [2.75, 3.05) is 13.6 Å². The molecule has 1 atom stereocenters. The highest BCUT2D eigenvalue weighted by Crippen LogP contribution is 2.22. The molecule has 0 heterocycles. The minimum absolute atomic E-state index is 0.519. The highest BCUT2D eigenvalue weighted by atomic mass is 32.2. The van der Waals surface area contributed by atoms with Crippen LogP contribution in [-0.2, 0) is 0 Å². The topological polar surface area (TPSA) is 12.0 Å². The number of benzene rings is 1. The summed E-state index contributed by atoms with van der Waals surface area (Å²) in [4.78, 5) is 1.30. The molecule has 14 heavy (non-hydrogen) atoms. The van der Waals surface area contributed by atoms with E-state index in [0.717, 1.165) is 6.54 Å². The van der Waals surface area contributed by atoms with Crippen LogP contribution in [0.1, 0.15) is 6.92 Å². The predicted octanol–water partition coefficient (Wildman–Crippen LogP) is 2.74. The Balaban J connectivity index is 2.37. The van der Waals surface area contributed by atoms with Crippen LogP contribution in [0, 0.1) is 6.07 Å². The smallest absolute Gasteiger partial charge is 0.0246 e. The van der Waals surface area contributed by atoms with E-state index in [-0.39, 0.29) is 0 Å². The molecule has 0 spiro atoms. The van der Waals surface area contributed by atoms with Crippen molar-refractivity contribution in [3.8, 4) is 0 Å². The van der Waals surface area contributed by atoms with Gasteiger partial charge in [0.25, 0.3) is 0 Å². The molecule has 0 aromatic heterocycles. The zero-order valence-electron chi connectivity index (χ0n) is 8.66. The standard InChI is InChI=1S/C12H16NS/c1-11(7-6-10-13-2)14-12-8-4-3-5-9-12/h4-9,11,13H,10H2,1-2H3. The maximum atomic E-state index is 3.09. The van der Waals surface area contributed by atoms with Crippen LogP contribution >= 0.6 is 11.8 Å². The van der Waals surface area contributed by atoms with E-state index in [1.165, 1.54) is 4.90 Å². The normalized spacial score (nSPS) is 13.3. The summed E-state index contributed by atoms with van der Waals surface area (Å²) in [5.41, 5.74) is 0. The Kier molecular flexibility index (Phi) is 5.42. The Morgan fingerprint density at radius 3 is 2.86 bits per heavy atom. The van der Waals surface area contributed by atoms with Gasteiger partial charge in [-0.3, -0.25) is 0 Å². The van der Waals surface area contributed by atoms with Crippen LogP contribution < -0.4 is 5.32 Å². The van der Waals surface area contributed by atoms with E-state index < -0.39 is 0 Å². The molecule has 2 heteroatoms. The lowest BCUT2D eigenvalue weighted by atomic mass is 10.4. The zero-order chi connectivity index (χ0) is 10.2. The first-order chi connectivity index (χ1) is 6.83. The van der Waals surface area contributed by atoms with Crippen molar-refractivity contribution in [1.82, 2.24) is 5.32 Å². The second-order valence-electron chi connectivity index (χ2n) is 3.04. The molecule has 1 aromatic rings. The van der Waals surface area contributed by atoms with E-state index in [4.69, 9.17) is 0 Å². The highest BCUT2D eigenvalue weighted by molar-refractivity contribution is 8.00. The summed E-state index contributed by atoms with van der Waals surface area (Å²) in [5, 5.41) is 3.61. The molecular formula is C12H16NS. The van der Waals surface area contributed by atoms with Crippen molar-refractivity contribution in [3.63, 3.8) is 0 Å². The fraction of sp³-hybridized carbons (Fsp3) is 0.333. The summed E-state index contributed by atoms with van der Waals surface area (Å²) in [6.07, 6.45) is 4.38. The molecule has 75 valence electrons. The van der Waals surface area contributed by atoms with Crippen LogP contribution in [0.15, 0.2) is 41.3 Å². The lowest BCUT2D eigenvalue weighted by molar-refractivity contribution is 0.916. The molecule has 1 unspecified atom stereocenters. The first kappa shape index (κ1) is 11.3. The fourth-order valence-corrected chi connectivity index (χ4v) is 1.99. The van der Waals surface area contributed by atoms with Crippen LogP contribution in [0.2, 0.25) is 0 Å². The lowest BCUT2D eigenvalue weighted by Crippen LogP contribution is -2.04. The summed E-state index contributed by atoms with van der Waals surface area (Å²) in [6, 6.07) is 11.1. The summed E-state index contributed by atoms with van der Waals surface area (Å²) in [7, 11) is 1.95. The van der Waals surface area contributed by atoms with Crippen LogP contribution in [-0.4, -0.2) is 18.8 Å². The van der Waals surface area contributed by atoms with Gasteiger partial charge in [-0.25, -0.2) is 0 Å². The monoisotopic (exact) mass is 206 g/mol. The van der Waals surface area contributed by atoms with Gasteiger partial charge in [-0.05, 0) is 32.2 Å². The maximum absolute atomic E-state index is 3.09. The number of likely N-dealkylation sites (N-methyl/N-ethyl adjacent to an activating group) is 1. The van der Waals surface area contributed by atoms with E-state index in [0.29, 0.717) is 5.25 Å². The Bertz CT molecular complexity index is 269. The minimum atomic E-state index is 0.519. The van der Waals surface area contributed by atoms with Gasteiger partial charge < -0.3 is 5.32 Å². The van der Waals surface area contributed by atoms with Gasteiger partial charge in [-0.2, -0.15) is 0 Å². The van der Waals surface area contributed by atoms with Gasteiger partial charge in [0.2, 0.25) is 0 Å². The Labute approximate surface area is 90.6 Å². The summed E-state index contributed by atoms with van der Waals surface area (Å²) < 4.78 is 0. The SMILES string of the molecule is CNCC=CC(C)Sc1cc[c]cc1. The first-order valence-corrected chi connectivity index (χ1v) is 5.65. The summed E-state index contributed by atoms with van der Waals surface area (Å²) in [5.74, 6) is 0. The van der Waals surface area contributed by atoms with Gasteiger partial charge in [-0.15, -0.1) is 11.8 Å². The summed E-state index contributed by atoms with van der Waals surface area (Å²) >= 11 is 1.86. The third-order valence-corrected chi connectivity index (χ3v) is 2.81. The second-order valence-corrected chi connectivity index (χ2v) is 4.50. The van der Waals surface area contributed by atoms with Gasteiger partial charge in [0.15, 0.2) is 0 Å². The van der Waals surface area contributed by atoms with Crippen molar-refractivity contribution in [1.29, 1.82) is 0 Å². The largest absolute Gasteiger partial charge is 0.316 e. The van der Waals surface area contributed by atoms with E-state index >= 15 is 0 Å². The predicted molar refractivity (Wildman–Crippen MR) is 63.7 cm³/mol.